The number of sulfone groups is 1. The van der Waals surface area contributed by atoms with Gasteiger partial charge in [-0.3, -0.25) is 0 Å². The summed E-state index contributed by atoms with van der Waals surface area (Å²) in [6, 6.07) is 0. The number of hydrogen-bond acceptors (Lipinski definition) is 4. The van der Waals surface area contributed by atoms with Gasteiger partial charge in [-0.25, -0.2) is 8.42 Å². The van der Waals surface area contributed by atoms with Gasteiger partial charge in [-0.1, -0.05) is 6.92 Å². The molecule has 0 aromatic heterocycles. The Morgan fingerprint density at radius 3 is 2.46 bits per heavy atom. The fraction of sp³-hybridized carbons (Fsp3) is 1.00. The molecule has 13 heavy (non-hydrogen) atoms. The SMILES string of the molecule is CCCS(=O)(=O)CCSCCCO. The zero-order valence-electron chi connectivity index (χ0n) is 8.03. The molecule has 0 amide bonds. The van der Waals surface area contributed by atoms with Crippen LogP contribution in [0.2, 0.25) is 0 Å². The van der Waals surface area contributed by atoms with E-state index >= 15 is 0 Å². The Morgan fingerprint density at radius 2 is 1.92 bits per heavy atom. The maximum absolute atomic E-state index is 11.2. The highest BCUT2D eigenvalue weighted by molar-refractivity contribution is 8.00. The lowest BCUT2D eigenvalue weighted by Gasteiger charge is -2.01. The van der Waals surface area contributed by atoms with E-state index in [4.69, 9.17) is 5.11 Å². The van der Waals surface area contributed by atoms with E-state index in [1.54, 1.807) is 11.8 Å². The van der Waals surface area contributed by atoms with Gasteiger partial charge in [-0.05, 0) is 18.6 Å². The van der Waals surface area contributed by atoms with Gasteiger partial charge in [0.15, 0.2) is 9.84 Å². The molecule has 0 saturated carbocycles. The van der Waals surface area contributed by atoms with Gasteiger partial charge in [-0.2, -0.15) is 11.8 Å². The second kappa shape index (κ2) is 7.64. The van der Waals surface area contributed by atoms with E-state index in [2.05, 4.69) is 0 Å². The summed E-state index contributed by atoms with van der Waals surface area (Å²) in [6.07, 6.45) is 1.45. The molecular formula is C8H18O3S2. The normalized spacial score (nSPS) is 11.8. The van der Waals surface area contributed by atoms with Crippen molar-refractivity contribution < 1.29 is 13.5 Å². The molecule has 5 heteroatoms. The van der Waals surface area contributed by atoms with Crippen LogP contribution in [0.5, 0.6) is 0 Å². The van der Waals surface area contributed by atoms with Crippen molar-refractivity contribution in [3.05, 3.63) is 0 Å². The quantitative estimate of drug-likeness (QED) is 0.626. The minimum absolute atomic E-state index is 0.189. The van der Waals surface area contributed by atoms with Crippen molar-refractivity contribution in [2.75, 3.05) is 29.6 Å². The number of hydrogen-bond donors (Lipinski definition) is 1. The minimum atomic E-state index is -2.80. The van der Waals surface area contributed by atoms with E-state index in [-0.39, 0.29) is 12.4 Å². The van der Waals surface area contributed by atoms with Crippen molar-refractivity contribution in [2.24, 2.45) is 0 Å². The molecule has 80 valence electrons. The van der Waals surface area contributed by atoms with Gasteiger partial charge in [0.05, 0.1) is 5.75 Å². The van der Waals surface area contributed by atoms with Gasteiger partial charge in [0.1, 0.15) is 0 Å². The fourth-order valence-electron chi connectivity index (χ4n) is 0.868. The fourth-order valence-corrected chi connectivity index (χ4v) is 3.72. The molecular weight excluding hydrogens is 208 g/mol. The van der Waals surface area contributed by atoms with Crippen molar-refractivity contribution in [3.8, 4) is 0 Å². The molecule has 0 unspecified atom stereocenters. The van der Waals surface area contributed by atoms with Crippen LogP contribution in [0.15, 0.2) is 0 Å². The minimum Gasteiger partial charge on any atom is -0.396 e. The Labute approximate surface area is 84.8 Å². The van der Waals surface area contributed by atoms with E-state index in [1.807, 2.05) is 6.92 Å². The molecule has 0 saturated heterocycles. The second-order valence-electron chi connectivity index (χ2n) is 2.84. The van der Waals surface area contributed by atoms with E-state index in [0.29, 0.717) is 17.9 Å². The monoisotopic (exact) mass is 226 g/mol. The van der Waals surface area contributed by atoms with Gasteiger partial charge in [0.25, 0.3) is 0 Å². The van der Waals surface area contributed by atoms with Crippen molar-refractivity contribution in [3.63, 3.8) is 0 Å². The summed E-state index contributed by atoms with van der Waals surface area (Å²) in [5.74, 6) is 2.07. The van der Waals surface area contributed by atoms with Crippen molar-refractivity contribution in [1.82, 2.24) is 0 Å². The summed E-state index contributed by atoms with van der Waals surface area (Å²) in [5.41, 5.74) is 0. The van der Waals surface area contributed by atoms with E-state index in [9.17, 15) is 8.42 Å². The lowest BCUT2D eigenvalue weighted by molar-refractivity contribution is 0.296. The maximum atomic E-state index is 11.2. The summed E-state index contributed by atoms with van der Waals surface area (Å²) in [7, 11) is -2.80. The lowest BCUT2D eigenvalue weighted by atomic mass is 10.5. The molecule has 0 aliphatic carbocycles. The molecule has 1 N–H and O–H groups in total. The summed E-state index contributed by atoms with van der Waals surface area (Å²) in [6.45, 7) is 2.06. The van der Waals surface area contributed by atoms with Crippen molar-refractivity contribution in [2.45, 2.75) is 19.8 Å². The molecule has 0 radical (unpaired) electrons. The second-order valence-corrected chi connectivity index (χ2v) is 6.37. The van der Waals surface area contributed by atoms with Gasteiger partial charge < -0.3 is 5.11 Å². The topological polar surface area (TPSA) is 54.4 Å². The highest BCUT2D eigenvalue weighted by Crippen LogP contribution is 2.04. The highest BCUT2D eigenvalue weighted by atomic mass is 32.2. The van der Waals surface area contributed by atoms with Crippen LogP contribution in [-0.2, 0) is 9.84 Å². The average molecular weight is 226 g/mol. The third-order valence-corrected chi connectivity index (χ3v) is 4.69. The van der Waals surface area contributed by atoms with E-state index in [0.717, 1.165) is 12.2 Å². The van der Waals surface area contributed by atoms with Crippen molar-refractivity contribution in [1.29, 1.82) is 0 Å². The molecule has 0 bridgehead atoms. The first-order chi connectivity index (χ1) is 6.12. The Hall–Kier alpha value is 0.260. The number of aliphatic hydroxyl groups excluding tert-OH is 1. The third kappa shape index (κ3) is 8.59. The van der Waals surface area contributed by atoms with Gasteiger partial charge in [0, 0.05) is 18.1 Å². The molecule has 0 rings (SSSR count). The van der Waals surface area contributed by atoms with Crippen LogP contribution in [0.25, 0.3) is 0 Å². The van der Waals surface area contributed by atoms with Gasteiger partial charge in [0.2, 0.25) is 0 Å². The molecule has 0 aliphatic heterocycles. The number of rotatable bonds is 8. The highest BCUT2D eigenvalue weighted by Gasteiger charge is 2.07. The van der Waals surface area contributed by atoms with Crippen LogP contribution in [0.1, 0.15) is 19.8 Å². The first kappa shape index (κ1) is 13.3. The van der Waals surface area contributed by atoms with E-state index < -0.39 is 9.84 Å². The zero-order chi connectivity index (χ0) is 10.2. The Balaban J connectivity index is 3.41. The molecule has 0 atom stereocenters. The predicted molar refractivity (Wildman–Crippen MR) is 58.0 cm³/mol. The van der Waals surface area contributed by atoms with Gasteiger partial charge >= 0.3 is 0 Å². The third-order valence-electron chi connectivity index (χ3n) is 1.50. The molecule has 3 nitrogen and oxygen atoms in total. The Kier molecular flexibility index (Phi) is 7.80. The van der Waals surface area contributed by atoms with Crippen LogP contribution in [-0.4, -0.2) is 43.1 Å². The standard InChI is InChI=1S/C8H18O3S2/c1-2-7-13(10,11)8-6-12-5-3-4-9/h9H,2-8H2,1H3. The molecule has 0 aromatic rings. The largest absolute Gasteiger partial charge is 0.396 e. The maximum Gasteiger partial charge on any atom is 0.151 e. The number of thioether (sulfide) groups is 1. The van der Waals surface area contributed by atoms with Crippen LogP contribution >= 0.6 is 11.8 Å². The smallest absolute Gasteiger partial charge is 0.151 e. The van der Waals surface area contributed by atoms with Gasteiger partial charge in [-0.15, -0.1) is 0 Å². The van der Waals surface area contributed by atoms with Crippen LogP contribution < -0.4 is 0 Å². The molecule has 0 fully saturated rings. The Bertz CT molecular complexity index is 199. The zero-order valence-corrected chi connectivity index (χ0v) is 9.66. The summed E-state index contributed by atoms with van der Waals surface area (Å²) >= 11 is 1.59. The predicted octanol–water partition coefficient (Wildman–Crippen LogP) is 0.927. The first-order valence-electron chi connectivity index (χ1n) is 4.51. The molecule has 0 heterocycles. The summed E-state index contributed by atoms with van der Waals surface area (Å²) < 4.78 is 22.4. The van der Waals surface area contributed by atoms with Crippen LogP contribution in [0.4, 0.5) is 0 Å². The molecule has 0 aromatic carbocycles. The molecule has 0 aliphatic rings. The summed E-state index contributed by atoms with van der Waals surface area (Å²) in [4.78, 5) is 0. The number of aliphatic hydroxyl groups is 1. The van der Waals surface area contributed by atoms with E-state index in [1.165, 1.54) is 0 Å². The molecule has 0 spiro atoms. The first-order valence-corrected chi connectivity index (χ1v) is 7.49. The van der Waals surface area contributed by atoms with Crippen LogP contribution in [0.3, 0.4) is 0 Å². The van der Waals surface area contributed by atoms with Crippen LogP contribution in [0, 0.1) is 0 Å². The lowest BCUT2D eigenvalue weighted by Crippen LogP contribution is -2.12. The van der Waals surface area contributed by atoms with Crippen molar-refractivity contribution >= 4 is 21.6 Å². The average Bonchev–Trinajstić information content (AvgIpc) is 2.04. The Morgan fingerprint density at radius 1 is 1.23 bits per heavy atom. The summed E-state index contributed by atoms with van der Waals surface area (Å²) in [5, 5.41) is 8.48.